The van der Waals surface area contributed by atoms with Gasteiger partial charge in [-0.3, -0.25) is 5.10 Å². The summed E-state index contributed by atoms with van der Waals surface area (Å²) in [5.41, 5.74) is 1.70. The van der Waals surface area contributed by atoms with Crippen LogP contribution >= 0.6 is 0 Å². The average Bonchev–Trinajstić information content (AvgIpc) is 3.18. The summed E-state index contributed by atoms with van der Waals surface area (Å²) in [4.78, 5) is 8.59. The maximum Gasteiger partial charge on any atom is 0.326 e. The van der Waals surface area contributed by atoms with E-state index >= 15 is 0 Å². The van der Waals surface area contributed by atoms with Crippen molar-refractivity contribution in [2.75, 3.05) is 19.0 Å². The van der Waals surface area contributed by atoms with Crippen molar-refractivity contribution in [3.8, 4) is 28.8 Å². The number of aromatic amines is 1. The number of rotatable bonds is 7. The second kappa shape index (κ2) is 8.52. The molecule has 160 valence electrons. The van der Waals surface area contributed by atoms with Crippen molar-refractivity contribution in [1.82, 2.24) is 20.2 Å². The number of aliphatic hydroxyl groups excluding tert-OH is 1. The topological polar surface area (TPSA) is 105 Å². The number of hydrogen-bond donors (Lipinski definition) is 3. The van der Waals surface area contributed by atoms with Crippen LogP contribution < -0.4 is 14.8 Å². The van der Waals surface area contributed by atoms with Gasteiger partial charge in [-0.05, 0) is 43.3 Å². The standard InChI is InChI=1S/C21H19F2N5O3/c1-11(29)10-24-19-17-18(12-3-6-14(30-2)7-4-12)27-28-20(17)26-21(25-19)31-16-8-5-13(22)9-15(16)23/h3-9,11,29H,10H2,1-2H3,(H2,24,25,26,27,28)/t11-/m0/s1. The summed E-state index contributed by atoms with van der Waals surface area (Å²) in [6.45, 7) is 1.82. The van der Waals surface area contributed by atoms with Crippen molar-refractivity contribution >= 4 is 16.9 Å². The van der Waals surface area contributed by atoms with E-state index in [1.54, 1.807) is 26.2 Å². The number of aromatic nitrogens is 4. The first-order valence-electron chi connectivity index (χ1n) is 9.40. The lowest BCUT2D eigenvalue weighted by Crippen LogP contribution is -2.16. The van der Waals surface area contributed by atoms with Gasteiger partial charge in [0.05, 0.1) is 18.6 Å². The van der Waals surface area contributed by atoms with Crippen LogP contribution in [0.4, 0.5) is 14.6 Å². The summed E-state index contributed by atoms with van der Waals surface area (Å²) in [6.07, 6.45) is -0.653. The molecule has 31 heavy (non-hydrogen) atoms. The largest absolute Gasteiger partial charge is 0.497 e. The molecule has 10 heteroatoms. The van der Waals surface area contributed by atoms with E-state index in [0.29, 0.717) is 34.4 Å². The zero-order valence-corrected chi connectivity index (χ0v) is 16.7. The highest BCUT2D eigenvalue weighted by Gasteiger charge is 2.19. The van der Waals surface area contributed by atoms with Crippen molar-refractivity contribution in [1.29, 1.82) is 0 Å². The number of hydrogen-bond acceptors (Lipinski definition) is 7. The van der Waals surface area contributed by atoms with Gasteiger partial charge < -0.3 is 19.9 Å². The molecule has 0 saturated heterocycles. The predicted molar refractivity (Wildman–Crippen MR) is 110 cm³/mol. The fourth-order valence-electron chi connectivity index (χ4n) is 2.94. The number of nitrogens with one attached hydrogen (secondary N) is 2. The van der Waals surface area contributed by atoms with E-state index in [2.05, 4.69) is 25.5 Å². The van der Waals surface area contributed by atoms with Crippen LogP contribution in [0.25, 0.3) is 22.3 Å². The van der Waals surface area contributed by atoms with Gasteiger partial charge in [0.15, 0.2) is 17.2 Å². The Balaban J connectivity index is 1.78. The Morgan fingerprint density at radius 1 is 1.13 bits per heavy atom. The quantitative estimate of drug-likeness (QED) is 0.411. The van der Waals surface area contributed by atoms with Gasteiger partial charge in [0, 0.05) is 18.2 Å². The van der Waals surface area contributed by atoms with Crippen molar-refractivity contribution in [3.63, 3.8) is 0 Å². The van der Waals surface area contributed by atoms with Crippen LogP contribution in [0, 0.1) is 11.6 Å². The van der Waals surface area contributed by atoms with Crippen LogP contribution in [0.15, 0.2) is 42.5 Å². The number of aliphatic hydroxyl groups is 1. The third-order valence-electron chi connectivity index (χ3n) is 4.42. The van der Waals surface area contributed by atoms with Gasteiger partial charge in [0.25, 0.3) is 0 Å². The van der Waals surface area contributed by atoms with E-state index in [-0.39, 0.29) is 18.3 Å². The van der Waals surface area contributed by atoms with Crippen LogP contribution in [0.5, 0.6) is 17.5 Å². The molecule has 0 spiro atoms. The minimum atomic E-state index is -0.884. The molecule has 2 heterocycles. The van der Waals surface area contributed by atoms with Gasteiger partial charge in [0.1, 0.15) is 23.1 Å². The monoisotopic (exact) mass is 427 g/mol. The molecule has 0 amide bonds. The predicted octanol–water partition coefficient (Wildman–Crippen LogP) is 3.89. The fourth-order valence-corrected chi connectivity index (χ4v) is 2.94. The Hall–Kier alpha value is -3.79. The highest BCUT2D eigenvalue weighted by atomic mass is 19.1. The Morgan fingerprint density at radius 2 is 1.90 bits per heavy atom. The molecule has 0 fully saturated rings. The first kappa shape index (κ1) is 20.5. The molecular weight excluding hydrogens is 408 g/mol. The molecule has 2 aromatic carbocycles. The fraction of sp³-hybridized carbons (Fsp3) is 0.190. The number of anilines is 1. The molecule has 0 bridgehead atoms. The molecule has 4 aromatic rings. The first-order valence-corrected chi connectivity index (χ1v) is 9.40. The summed E-state index contributed by atoms with van der Waals surface area (Å²) in [5.74, 6) is -0.798. The minimum Gasteiger partial charge on any atom is -0.497 e. The van der Waals surface area contributed by atoms with Crippen LogP contribution in [-0.2, 0) is 0 Å². The molecule has 0 aliphatic carbocycles. The lowest BCUT2D eigenvalue weighted by atomic mass is 10.1. The zero-order chi connectivity index (χ0) is 22.0. The van der Waals surface area contributed by atoms with E-state index in [9.17, 15) is 13.9 Å². The number of halogens is 2. The minimum absolute atomic E-state index is 0.170. The van der Waals surface area contributed by atoms with Crippen molar-refractivity contribution < 1.29 is 23.4 Å². The third-order valence-corrected chi connectivity index (χ3v) is 4.42. The van der Waals surface area contributed by atoms with Crippen LogP contribution in [0.2, 0.25) is 0 Å². The van der Waals surface area contributed by atoms with E-state index < -0.39 is 17.7 Å². The molecule has 4 rings (SSSR count). The Morgan fingerprint density at radius 3 is 2.58 bits per heavy atom. The summed E-state index contributed by atoms with van der Waals surface area (Å²) >= 11 is 0. The van der Waals surface area contributed by atoms with Crippen molar-refractivity contribution in [2.45, 2.75) is 13.0 Å². The Kier molecular flexibility index (Phi) is 5.63. The molecule has 0 saturated carbocycles. The van der Waals surface area contributed by atoms with Gasteiger partial charge in [-0.25, -0.2) is 8.78 Å². The van der Waals surface area contributed by atoms with E-state index in [1.807, 2.05) is 12.1 Å². The van der Waals surface area contributed by atoms with Gasteiger partial charge in [-0.15, -0.1) is 0 Å². The lowest BCUT2D eigenvalue weighted by Gasteiger charge is -2.12. The van der Waals surface area contributed by atoms with Crippen molar-refractivity contribution in [3.05, 3.63) is 54.1 Å². The number of nitrogens with zero attached hydrogens (tertiary/aromatic N) is 3. The SMILES string of the molecule is COc1ccc(-c2n[nH]c3nc(Oc4ccc(F)cc4F)nc(NC[C@H](C)O)c23)cc1. The van der Waals surface area contributed by atoms with Crippen LogP contribution in [-0.4, -0.2) is 45.0 Å². The number of H-pyrrole nitrogens is 1. The van der Waals surface area contributed by atoms with Gasteiger partial charge in [-0.2, -0.15) is 15.1 Å². The van der Waals surface area contributed by atoms with Crippen molar-refractivity contribution in [2.24, 2.45) is 0 Å². The lowest BCUT2D eigenvalue weighted by molar-refractivity contribution is 0.208. The van der Waals surface area contributed by atoms with Gasteiger partial charge in [-0.1, -0.05) is 0 Å². The Bertz CT molecular complexity index is 1210. The van der Waals surface area contributed by atoms with E-state index in [1.165, 1.54) is 0 Å². The zero-order valence-electron chi connectivity index (χ0n) is 16.7. The van der Waals surface area contributed by atoms with Gasteiger partial charge >= 0.3 is 6.01 Å². The average molecular weight is 427 g/mol. The molecule has 0 aliphatic rings. The summed E-state index contributed by atoms with van der Waals surface area (Å²) in [7, 11) is 1.58. The Labute approximate surface area is 175 Å². The highest BCUT2D eigenvalue weighted by molar-refractivity contribution is 5.99. The normalized spacial score (nSPS) is 12.0. The third kappa shape index (κ3) is 4.38. The first-order chi connectivity index (χ1) is 14.9. The number of ether oxygens (including phenoxy) is 2. The number of methoxy groups -OCH3 is 1. The smallest absolute Gasteiger partial charge is 0.326 e. The van der Waals surface area contributed by atoms with E-state index in [4.69, 9.17) is 9.47 Å². The summed E-state index contributed by atoms with van der Waals surface area (Å²) in [6, 6.07) is 10.0. The highest BCUT2D eigenvalue weighted by Crippen LogP contribution is 2.33. The maximum atomic E-state index is 14.0. The van der Waals surface area contributed by atoms with Crippen LogP contribution in [0.1, 0.15) is 6.92 Å². The molecule has 0 unspecified atom stereocenters. The molecule has 0 radical (unpaired) electrons. The number of benzene rings is 2. The molecular formula is C21H19F2N5O3. The molecule has 0 aliphatic heterocycles. The molecule has 2 aromatic heterocycles. The van der Waals surface area contributed by atoms with Crippen LogP contribution in [0.3, 0.4) is 0 Å². The molecule has 3 N–H and O–H groups in total. The maximum absolute atomic E-state index is 14.0. The molecule has 1 atom stereocenters. The van der Waals surface area contributed by atoms with Gasteiger partial charge in [0.2, 0.25) is 0 Å². The second-order valence-electron chi connectivity index (χ2n) is 6.79. The molecule has 8 nitrogen and oxygen atoms in total. The van der Waals surface area contributed by atoms with E-state index in [0.717, 1.165) is 17.7 Å². The second-order valence-corrected chi connectivity index (χ2v) is 6.79. The summed E-state index contributed by atoms with van der Waals surface area (Å²) < 4.78 is 37.8. The number of fused-ring (bicyclic) bond motifs is 1. The summed E-state index contributed by atoms with van der Waals surface area (Å²) in [5, 5.41) is 20.5.